The quantitative estimate of drug-likeness (QED) is 0.385. The highest BCUT2D eigenvalue weighted by Gasteiger charge is 2.32. The second kappa shape index (κ2) is 11.8. The second-order valence-electron chi connectivity index (χ2n) is 10.2. The third-order valence-electron chi connectivity index (χ3n) is 7.36. The summed E-state index contributed by atoms with van der Waals surface area (Å²) in [7, 11) is -3.85. The Morgan fingerprint density at radius 3 is 2.65 bits per heavy atom. The van der Waals surface area contributed by atoms with Gasteiger partial charge in [0.2, 0.25) is 10.0 Å². The minimum Gasteiger partial charge on any atom is -0.493 e. The highest BCUT2D eigenvalue weighted by Crippen LogP contribution is 2.31. The minimum absolute atomic E-state index is 0.0543. The summed E-state index contributed by atoms with van der Waals surface area (Å²) in [6.45, 7) is 8.28. The minimum atomic E-state index is -3.85. The Morgan fingerprint density at radius 2 is 1.98 bits per heavy atom. The number of imidazole rings is 1. The summed E-state index contributed by atoms with van der Waals surface area (Å²) in [4.78, 5) is 34.9. The highest BCUT2D eigenvalue weighted by molar-refractivity contribution is 7.89. The van der Waals surface area contributed by atoms with Crippen LogP contribution in [0.4, 0.5) is 0 Å². The predicted molar refractivity (Wildman–Crippen MR) is 148 cm³/mol. The number of rotatable bonds is 10. The third kappa shape index (κ3) is 5.55. The van der Waals surface area contributed by atoms with Crippen LogP contribution in [0, 0.1) is 6.92 Å². The zero-order chi connectivity index (χ0) is 28.4. The molecular formula is C27H36N6O6S. The van der Waals surface area contributed by atoms with Gasteiger partial charge in [-0.1, -0.05) is 6.92 Å². The molecule has 0 aliphatic carbocycles. The first-order chi connectivity index (χ1) is 19.2. The van der Waals surface area contributed by atoms with E-state index in [9.17, 15) is 18.0 Å². The molecule has 0 bridgehead atoms. The number of benzene rings is 1. The Morgan fingerprint density at radius 1 is 1.20 bits per heavy atom. The lowest BCUT2D eigenvalue weighted by Crippen LogP contribution is -2.50. The van der Waals surface area contributed by atoms with Crippen LogP contribution in [0.5, 0.6) is 5.75 Å². The number of ketones is 1. The maximum absolute atomic E-state index is 13.7. The molecule has 2 fully saturated rings. The molecule has 0 saturated carbocycles. The van der Waals surface area contributed by atoms with E-state index in [4.69, 9.17) is 9.47 Å². The van der Waals surface area contributed by atoms with Crippen molar-refractivity contribution in [2.75, 3.05) is 45.9 Å². The number of carbonyl (C=O) groups excluding carboxylic acids is 1. The number of fused-ring (bicyclic) bond motifs is 1. The standard InChI is InChI=1S/C27H36N6O6S/c1-4-7-24-28-18(3)25-27(35)29-26(30-33(24)25)20-16-19(9-10-22(20)38-5-2)40(36,37)32-13-11-31(12-14-32)17-21(34)23-8-6-15-39-23/h9-10,16,23H,4-8,11-15,17H2,1-3H3,(H,29,30,35). The number of sulfonamides is 1. The fourth-order valence-electron chi connectivity index (χ4n) is 5.31. The number of aromatic amines is 1. The number of nitrogens with zero attached hydrogens (tertiary/aromatic N) is 5. The van der Waals surface area contributed by atoms with Crippen molar-refractivity contribution in [1.29, 1.82) is 0 Å². The van der Waals surface area contributed by atoms with Crippen LogP contribution in [0.3, 0.4) is 0 Å². The van der Waals surface area contributed by atoms with Gasteiger partial charge in [0.25, 0.3) is 5.56 Å². The average Bonchev–Trinajstić information content (AvgIpc) is 3.58. The van der Waals surface area contributed by atoms with E-state index in [0.29, 0.717) is 61.1 Å². The summed E-state index contributed by atoms with van der Waals surface area (Å²) in [6, 6.07) is 4.61. The molecule has 1 aromatic carbocycles. The lowest BCUT2D eigenvalue weighted by Gasteiger charge is -2.34. The first kappa shape index (κ1) is 28.4. The molecule has 0 radical (unpaired) electrons. The van der Waals surface area contributed by atoms with Crippen molar-refractivity contribution in [2.45, 2.75) is 57.5 Å². The molecule has 12 nitrogen and oxygen atoms in total. The molecule has 2 aromatic heterocycles. The fraction of sp³-hybridized carbons (Fsp3) is 0.556. The Balaban J connectivity index is 1.42. The lowest BCUT2D eigenvalue weighted by molar-refractivity contribution is -0.129. The molecule has 1 atom stereocenters. The number of H-pyrrole nitrogens is 1. The molecule has 4 heterocycles. The molecule has 2 saturated heterocycles. The molecule has 216 valence electrons. The number of hydrogen-bond donors (Lipinski definition) is 1. The Kier molecular flexibility index (Phi) is 8.36. The number of carbonyl (C=O) groups is 1. The first-order valence-electron chi connectivity index (χ1n) is 13.9. The molecule has 1 N–H and O–H groups in total. The van der Waals surface area contributed by atoms with Crippen LogP contribution >= 0.6 is 0 Å². The summed E-state index contributed by atoms with van der Waals surface area (Å²) in [5.41, 5.74) is 0.963. The van der Waals surface area contributed by atoms with Crippen LogP contribution < -0.4 is 10.3 Å². The summed E-state index contributed by atoms with van der Waals surface area (Å²) in [5.74, 6) is 1.33. The fourth-order valence-corrected chi connectivity index (χ4v) is 6.76. The SMILES string of the molecule is CCCc1nc(C)c2c(=O)[nH]c(-c3cc(S(=O)(=O)N4CCN(CC(=O)C5CCCO5)CC4)ccc3OCC)nn12. The van der Waals surface area contributed by atoms with Gasteiger partial charge in [-0.05, 0) is 51.3 Å². The van der Waals surface area contributed by atoms with Gasteiger partial charge >= 0.3 is 0 Å². The number of ether oxygens (including phenoxy) is 2. The normalized spacial score (nSPS) is 18.9. The van der Waals surface area contributed by atoms with E-state index in [1.807, 2.05) is 18.7 Å². The third-order valence-corrected chi connectivity index (χ3v) is 9.25. The number of aryl methyl sites for hydroxylation is 2. The van der Waals surface area contributed by atoms with Crippen LogP contribution in [0.2, 0.25) is 0 Å². The molecule has 13 heteroatoms. The number of nitrogens with one attached hydrogen (secondary N) is 1. The lowest BCUT2D eigenvalue weighted by atomic mass is 10.1. The van der Waals surface area contributed by atoms with Gasteiger partial charge in [0.15, 0.2) is 17.1 Å². The van der Waals surface area contributed by atoms with Gasteiger partial charge < -0.3 is 14.5 Å². The van der Waals surface area contributed by atoms with Gasteiger partial charge in [0.05, 0.1) is 29.3 Å². The largest absolute Gasteiger partial charge is 0.493 e. The van der Waals surface area contributed by atoms with Gasteiger partial charge in [-0.25, -0.2) is 17.9 Å². The average molecular weight is 573 g/mol. The van der Waals surface area contributed by atoms with Crippen molar-refractivity contribution in [3.05, 3.63) is 40.1 Å². The van der Waals surface area contributed by atoms with E-state index >= 15 is 0 Å². The van der Waals surface area contributed by atoms with E-state index in [0.717, 1.165) is 19.3 Å². The molecule has 2 aliphatic rings. The molecule has 5 rings (SSSR count). The van der Waals surface area contributed by atoms with Crippen molar-refractivity contribution >= 4 is 21.3 Å². The van der Waals surface area contributed by atoms with Crippen molar-refractivity contribution in [2.24, 2.45) is 0 Å². The molecule has 3 aromatic rings. The topological polar surface area (TPSA) is 139 Å². The van der Waals surface area contributed by atoms with Crippen molar-refractivity contribution in [1.82, 2.24) is 28.8 Å². The number of aromatic nitrogens is 4. The molecule has 0 amide bonds. The molecule has 0 spiro atoms. The van der Waals surface area contributed by atoms with Gasteiger partial charge in [0, 0.05) is 39.2 Å². The van der Waals surface area contributed by atoms with Gasteiger partial charge in [-0.15, -0.1) is 5.10 Å². The Hall–Kier alpha value is -3.13. The summed E-state index contributed by atoms with van der Waals surface area (Å²) in [6.07, 6.45) is 2.78. The number of Topliss-reactive ketones (excluding diaryl/α,β-unsaturated/α-hetero) is 1. The van der Waals surface area contributed by atoms with Crippen molar-refractivity contribution in [3.8, 4) is 17.1 Å². The van der Waals surface area contributed by atoms with E-state index < -0.39 is 10.0 Å². The van der Waals surface area contributed by atoms with E-state index in [1.54, 1.807) is 17.5 Å². The van der Waals surface area contributed by atoms with Crippen LogP contribution in [0.15, 0.2) is 27.9 Å². The Labute approximate surface area is 233 Å². The number of piperazine rings is 1. The van der Waals surface area contributed by atoms with Gasteiger partial charge in [0.1, 0.15) is 17.7 Å². The van der Waals surface area contributed by atoms with E-state index in [-0.39, 0.29) is 47.8 Å². The first-order valence-corrected chi connectivity index (χ1v) is 15.3. The zero-order valence-electron chi connectivity index (χ0n) is 23.2. The maximum atomic E-state index is 13.7. The molecular weight excluding hydrogens is 536 g/mol. The van der Waals surface area contributed by atoms with Crippen molar-refractivity contribution in [3.63, 3.8) is 0 Å². The monoisotopic (exact) mass is 572 g/mol. The summed E-state index contributed by atoms with van der Waals surface area (Å²) in [5, 5.41) is 4.66. The van der Waals surface area contributed by atoms with Crippen LogP contribution in [-0.4, -0.2) is 95.0 Å². The van der Waals surface area contributed by atoms with E-state index in [2.05, 4.69) is 15.1 Å². The summed E-state index contributed by atoms with van der Waals surface area (Å²) >= 11 is 0. The van der Waals surface area contributed by atoms with Crippen molar-refractivity contribution < 1.29 is 22.7 Å². The Bertz CT molecular complexity index is 1550. The second-order valence-corrected chi connectivity index (χ2v) is 12.1. The van der Waals surface area contributed by atoms with Crippen LogP contribution in [0.1, 0.15) is 44.6 Å². The van der Waals surface area contributed by atoms with Crippen LogP contribution in [-0.2, 0) is 26.0 Å². The maximum Gasteiger partial charge on any atom is 0.277 e. The zero-order valence-corrected chi connectivity index (χ0v) is 24.0. The number of hydrogen-bond acceptors (Lipinski definition) is 9. The van der Waals surface area contributed by atoms with Gasteiger partial charge in [-0.3, -0.25) is 14.5 Å². The van der Waals surface area contributed by atoms with E-state index in [1.165, 1.54) is 16.4 Å². The predicted octanol–water partition coefficient (Wildman–Crippen LogP) is 1.80. The van der Waals surface area contributed by atoms with Crippen LogP contribution in [0.25, 0.3) is 16.9 Å². The summed E-state index contributed by atoms with van der Waals surface area (Å²) < 4.78 is 41.6. The smallest absolute Gasteiger partial charge is 0.277 e. The molecule has 1 unspecified atom stereocenters. The molecule has 2 aliphatic heterocycles. The highest BCUT2D eigenvalue weighted by atomic mass is 32.2. The van der Waals surface area contributed by atoms with Gasteiger partial charge in [-0.2, -0.15) is 4.31 Å². The molecule has 40 heavy (non-hydrogen) atoms.